The second-order valence-corrected chi connectivity index (χ2v) is 9.77. The van der Waals surface area contributed by atoms with Gasteiger partial charge in [0.1, 0.15) is 0 Å². The van der Waals surface area contributed by atoms with Gasteiger partial charge < -0.3 is 14.5 Å². The molecule has 180 valence electrons. The molecule has 4 rings (SSSR count). The van der Waals surface area contributed by atoms with Gasteiger partial charge in [0.2, 0.25) is 5.91 Å². The van der Waals surface area contributed by atoms with E-state index in [0.29, 0.717) is 31.3 Å². The molecule has 1 aliphatic rings. The zero-order valence-electron chi connectivity index (χ0n) is 19.7. The van der Waals surface area contributed by atoms with Gasteiger partial charge in [0.25, 0.3) is 0 Å². The van der Waals surface area contributed by atoms with E-state index in [1.165, 1.54) is 0 Å². The number of nitrogens with zero attached hydrogens (tertiary/aromatic N) is 2. The highest BCUT2D eigenvalue weighted by atomic mass is 35.5. The van der Waals surface area contributed by atoms with Crippen LogP contribution in [-0.4, -0.2) is 24.8 Å². The van der Waals surface area contributed by atoms with E-state index >= 15 is 0 Å². The third kappa shape index (κ3) is 6.54. The van der Waals surface area contributed by atoms with Gasteiger partial charge in [-0.25, -0.2) is 0 Å². The summed E-state index contributed by atoms with van der Waals surface area (Å²) in [6.45, 7) is 5.06. The summed E-state index contributed by atoms with van der Waals surface area (Å²) < 4.78 is 5.82. The van der Waals surface area contributed by atoms with E-state index in [4.69, 9.17) is 16.3 Å². The molecule has 35 heavy (non-hydrogen) atoms. The van der Waals surface area contributed by atoms with Crippen molar-refractivity contribution >= 4 is 46.4 Å². The highest BCUT2D eigenvalue weighted by Gasteiger charge is 2.27. The fraction of sp³-hybridized carbons (Fsp3) is 0.214. The molecule has 1 heterocycles. The van der Waals surface area contributed by atoms with E-state index < -0.39 is 0 Å². The standard InChI is InChI=1S/C28H27ClN2O3S/c1-20(32)16-28-31(18-22-8-10-24(29)11-9-22)26-17-25(12-13-27(26)35-28)30(21(2)33)14-15-34-19-23-6-4-3-5-7-23/h3-13,16-17H,14-15,18-19H2,1-2H3/b28-16-. The highest BCUT2D eigenvalue weighted by Crippen LogP contribution is 2.48. The van der Waals surface area contributed by atoms with Crippen molar-refractivity contribution in [1.29, 1.82) is 0 Å². The third-order valence-electron chi connectivity index (χ3n) is 5.56. The van der Waals surface area contributed by atoms with Crippen LogP contribution in [0.1, 0.15) is 25.0 Å². The SMILES string of the molecule is CC(=O)/C=C1\Sc2ccc(N(CCOCc3ccccc3)C(C)=O)cc2N1Cc1ccc(Cl)cc1. The van der Waals surface area contributed by atoms with E-state index in [1.54, 1.807) is 36.6 Å². The smallest absolute Gasteiger partial charge is 0.223 e. The third-order valence-corrected chi connectivity index (χ3v) is 6.92. The van der Waals surface area contributed by atoms with E-state index in [2.05, 4.69) is 4.90 Å². The van der Waals surface area contributed by atoms with E-state index in [1.807, 2.05) is 72.8 Å². The van der Waals surface area contributed by atoms with Crippen molar-refractivity contribution in [3.05, 3.63) is 100 Å². The maximum absolute atomic E-state index is 12.5. The van der Waals surface area contributed by atoms with Crippen molar-refractivity contribution in [3.63, 3.8) is 0 Å². The molecule has 0 fully saturated rings. The Labute approximate surface area is 215 Å². The van der Waals surface area contributed by atoms with Crippen molar-refractivity contribution in [1.82, 2.24) is 0 Å². The first-order chi connectivity index (χ1) is 16.9. The number of amides is 1. The van der Waals surface area contributed by atoms with Gasteiger partial charge in [-0.1, -0.05) is 65.8 Å². The number of benzene rings is 3. The number of ether oxygens (including phenoxy) is 1. The van der Waals surface area contributed by atoms with Gasteiger partial charge in [-0.2, -0.15) is 0 Å². The molecule has 0 radical (unpaired) electrons. The molecule has 0 aliphatic carbocycles. The van der Waals surface area contributed by atoms with Crippen LogP contribution in [0, 0.1) is 0 Å². The summed E-state index contributed by atoms with van der Waals surface area (Å²) in [7, 11) is 0. The van der Waals surface area contributed by atoms with Crippen LogP contribution < -0.4 is 9.80 Å². The van der Waals surface area contributed by atoms with Crippen molar-refractivity contribution in [3.8, 4) is 0 Å². The van der Waals surface area contributed by atoms with Crippen LogP contribution in [0.4, 0.5) is 11.4 Å². The number of fused-ring (bicyclic) bond motifs is 1. The van der Waals surface area contributed by atoms with Crippen LogP contribution in [0.5, 0.6) is 0 Å². The molecule has 0 bridgehead atoms. The van der Waals surface area contributed by atoms with Gasteiger partial charge in [-0.3, -0.25) is 9.59 Å². The Bertz CT molecular complexity index is 1230. The second-order valence-electron chi connectivity index (χ2n) is 8.27. The Morgan fingerprint density at radius 2 is 1.74 bits per heavy atom. The van der Waals surface area contributed by atoms with Gasteiger partial charge in [0.15, 0.2) is 5.78 Å². The molecule has 1 amide bonds. The summed E-state index contributed by atoms with van der Waals surface area (Å²) in [6.07, 6.45) is 1.65. The van der Waals surface area contributed by atoms with Gasteiger partial charge in [0.05, 0.1) is 23.9 Å². The molecule has 5 nitrogen and oxygen atoms in total. The van der Waals surface area contributed by atoms with Crippen molar-refractivity contribution in [2.24, 2.45) is 0 Å². The number of anilines is 2. The van der Waals surface area contributed by atoms with Crippen molar-refractivity contribution in [2.75, 3.05) is 23.0 Å². The number of carbonyl (C=O) groups is 2. The topological polar surface area (TPSA) is 49.9 Å². The zero-order valence-corrected chi connectivity index (χ0v) is 21.3. The lowest BCUT2D eigenvalue weighted by Crippen LogP contribution is -2.32. The maximum atomic E-state index is 12.5. The van der Waals surface area contributed by atoms with Gasteiger partial charge in [-0.05, 0) is 48.4 Å². The number of thioether (sulfide) groups is 1. The zero-order chi connectivity index (χ0) is 24.8. The number of carbonyl (C=O) groups excluding carboxylic acids is 2. The molecule has 0 spiro atoms. The van der Waals surface area contributed by atoms with Crippen molar-refractivity contribution < 1.29 is 14.3 Å². The van der Waals surface area contributed by atoms with Crippen LogP contribution in [0.2, 0.25) is 5.02 Å². The summed E-state index contributed by atoms with van der Waals surface area (Å²) in [6, 6.07) is 23.6. The molecule has 0 N–H and O–H groups in total. The molecule has 7 heteroatoms. The summed E-state index contributed by atoms with van der Waals surface area (Å²) in [5.74, 6) is -0.0646. The van der Waals surface area contributed by atoms with Gasteiger partial charge >= 0.3 is 0 Å². The lowest BCUT2D eigenvalue weighted by atomic mass is 10.2. The summed E-state index contributed by atoms with van der Waals surface area (Å²) in [5, 5.41) is 1.54. The molecule has 3 aromatic rings. The molecule has 0 unspecified atom stereocenters. The summed E-state index contributed by atoms with van der Waals surface area (Å²) >= 11 is 7.61. The lowest BCUT2D eigenvalue weighted by molar-refractivity contribution is -0.116. The molecule has 0 aromatic heterocycles. The van der Waals surface area contributed by atoms with Crippen molar-refractivity contribution in [2.45, 2.75) is 31.9 Å². The largest absolute Gasteiger partial charge is 0.375 e. The quantitative estimate of drug-likeness (QED) is 0.246. The minimum absolute atomic E-state index is 0.0115. The molecular formula is C28H27ClN2O3S. The van der Waals surface area contributed by atoms with Crippen LogP contribution >= 0.6 is 23.4 Å². The molecule has 0 atom stereocenters. The Morgan fingerprint density at radius 3 is 2.43 bits per heavy atom. The van der Waals surface area contributed by atoms with Crippen LogP contribution in [0.25, 0.3) is 0 Å². The average molecular weight is 507 g/mol. The molecule has 0 saturated carbocycles. The van der Waals surface area contributed by atoms with Gasteiger partial charge in [-0.15, -0.1) is 0 Å². The first-order valence-corrected chi connectivity index (χ1v) is 12.6. The fourth-order valence-electron chi connectivity index (χ4n) is 3.86. The van der Waals surface area contributed by atoms with E-state index in [9.17, 15) is 9.59 Å². The number of rotatable bonds is 9. The number of hydrogen-bond donors (Lipinski definition) is 0. The van der Waals surface area contributed by atoms with Gasteiger partial charge in [0, 0.05) is 41.7 Å². The highest BCUT2D eigenvalue weighted by molar-refractivity contribution is 8.03. The first-order valence-electron chi connectivity index (χ1n) is 11.4. The van der Waals surface area contributed by atoms with Crippen LogP contribution in [0.3, 0.4) is 0 Å². The molecule has 1 aliphatic heterocycles. The Kier molecular flexibility index (Phi) is 8.29. The molecular weight excluding hydrogens is 480 g/mol. The predicted octanol–water partition coefficient (Wildman–Crippen LogP) is 6.45. The molecule has 0 saturated heterocycles. The maximum Gasteiger partial charge on any atom is 0.223 e. The monoisotopic (exact) mass is 506 g/mol. The Balaban J connectivity index is 1.54. The first kappa shape index (κ1) is 25.0. The van der Waals surface area contributed by atoms with Crippen LogP contribution in [-0.2, 0) is 27.5 Å². The Morgan fingerprint density at radius 1 is 1.00 bits per heavy atom. The molecule has 3 aromatic carbocycles. The lowest BCUT2D eigenvalue weighted by Gasteiger charge is -2.24. The predicted molar refractivity (Wildman–Crippen MR) is 143 cm³/mol. The summed E-state index contributed by atoms with van der Waals surface area (Å²) in [4.78, 5) is 29.3. The number of allylic oxidation sites excluding steroid dienone is 1. The van der Waals surface area contributed by atoms with E-state index in [-0.39, 0.29) is 11.7 Å². The number of hydrogen-bond acceptors (Lipinski definition) is 5. The summed E-state index contributed by atoms with van der Waals surface area (Å²) in [5.41, 5.74) is 3.93. The minimum Gasteiger partial charge on any atom is -0.375 e. The second kappa shape index (κ2) is 11.6. The normalized spacial score (nSPS) is 13.7. The minimum atomic E-state index is -0.0531. The number of halogens is 1. The Hall–Kier alpha value is -3.06. The fourth-order valence-corrected chi connectivity index (χ4v) is 5.12. The number of ketones is 1. The van der Waals surface area contributed by atoms with E-state index in [0.717, 1.165) is 32.4 Å². The van der Waals surface area contributed by atoms with Crippen LogP contribution in [0.15, 0.2) is 88.8 Å². The average Bonchev–Trinajstić information content (AvgIpc) is 3.16.